The van der Waals surface area contributed by atoms with Crippen LogP contribution in [0.1, 0.15) is 15.9 Å². The third-order valence-electron chi connectivity index (χ3n) is 3.07. The number of rotatable bonds is 4. The van der Waals surface area contributed by atoms with Crippen molar-refractivity contribution in [3.63, 3.8) is 0 Å². The number of nitrogens with zero attached hydrogens (tertiary/aromatic N) is 1. The van der Waals surface area contributed by atoms with Crippen molar-refractivity contribution in [3.8, 4) is 0 Å². The Labute approximate surface area is 126 Å². The van der Waals surface area contributed by atoms with Gasteiger partial charge in [-0.2, -0.15) is 0 Å². The summed E-state index contributed by atoms with van der Waals surface area (Å²) in [5.74, 6) is -2.16. The van der Waals surface area contributed by atoms with Gasteiger partial charge in [0.2, 0.25) is 0 Å². The Kier molecular flexibility index (Phi) is 4.33. The Bertz CT molecular complexity index is 691. The van der Waals surface area contributed by atoms with Crippen LogP contribution in [-0.4, -0.2) is 18.1 Å². The summed E-state index contributed by atoms with van der Waals surface area (Å²) in [6, 6.07) is 9.53. The molecule has 21 heavy (non-hydrogen) atoms. The molecular formula is C15H14ClFN2O2. The van der Waals surface area contributed by atoms with Gasteiger partial charge in [0.05, 0.1) is 16.9 Å². The molecule has 6 heteroatoms. The van der Waals surface area contributed by atoms with E-state index in [0.717, 1.165) is 17.7 Å². The van der Waals surface area contributed by atoms with Crippen LogP contribution in [-0.2, 0) is 6.54 Å². The largest absolute Gasteiger partial charge is 0.478 e. The number of carboxylic acid groups (broad SMARTS) is 1. The van der Waals surface area contributed by atoms with E-state index in [-0.39, 0.29) is 5.69 Å². The van der Waals surface area contributed by atoms with Gasteiger partial charge in [-0.25, -0.2) is 9.18 Å². The van der Waals surface area contributed by atoms with E-state index < -0.39 is 17.3 Å². The smallest absolute Gasteiger partial charge is 0.338 e. The highest BCUT2D eigenvalue weighted by Crippen LogP contribution is 2.27. The summed E-state index contributed by atoms with van der Waals surface area (Å²) in [5.41, 5.74) is 6.95. The lowest BCUT2D eigenvalue weighted by atomic mass is 10.1. The molecular weight excluding hydrogens is 295 g/mol. The molecule has 0 radical (unpaired) electrons. The lowest BCUT2D eigenvalue weighted by molar-refractivity contribution is 0.0692. The lowest BCUT2D eigenvalue weighted by Crippen LogP contribution is -2.18. The van der Waals surface area contributed by atoms with E-state index in [4.69, 9.17) is 22.4 Å². The molecule has 2 rings (SSSR count). The normalized spacial score (nSPS) is 10.4. The Morgan fingerprint density at radius 2 is 2.10 bits per heavy atom. The van der Waals surface area contributed by atoms with Crippen LogP contribution in [0, 0.1) is 5.82 Å². The van der Waals surface area contributed by atoms with E-state index in [1.54, 1.807) is 24.1 Å². The average Bonchev–Trinajstić information content (AvgIpc) is 2.40. The minimum Gasteiger partial charge on any atom is -0.478 e. The molecule has 0 unspecified atom stereocenters. The third-order valence-corrected chi connectivity index (χ3v) is 3.30. The summed E-state index contributed by atoms with van der Waals surface area (Å²) in [6.07, 6.45) is 0. The van der Waals surface area contributed by atoms with Gasteiger partial charge in [-0.15, -0.1) is 0 Å². The zero-order valence-electron chi connectivity index (χ0n) is 11.3. The molecule has 0 spiro atoms. The van der Waals surface area contributed by atoms with Crippen LogP contribution in [0.5, 0.6) is 0 Å². The van der Waals surface area contributed by atoms with E-state index in [0.29, 0.717) is 17.3 Å². The summed E-state index contributed by atoms with van der Waals surface area (Å²) >= 11 is 5.92. The lowest BCUT2D eigenvalue weighted by Gasteiger charge is -2.22. The van der Waals surface area contributed by atoms with Gasteiger partial charge in [0.1, 0.15) is 5.82 Å². The van der Waals surface area contributed by atoms with Gasteiger partial charge in [0, 0.05) is 24.7 Å². The molecule has 0 heterocycles. The molecule has 0 fully saturated rings. The van der Waals surface area contributed by atoms with Crippen LogP contribution in [0.2, 0.25) is 5.02 Å². The van der Waals surface area contributed by atoms with E-state index >= 15 is 0 Å². The summed E-state index contributed by atoms with van der Waals surface area (Å²) in [5, 5.41) is 9.47. The van der Waals surface area contributed by atoms with E-state index in [1.807, 2.05) is 12.1 Å². The van der Waals surface area contributed by atoms with Gasteiger partial charge in [0.15, 0.2) is 0 Å². The quantitative estimate of drug-likeness (QED) is 0.850. The maximum Gasteiger partial charge on any atom is 0.338 e. The van der Waals surface area contributed by atoms with E-state index in [1.165, 1.54) is 0 Å². The Morgan fingerprint density at radius 3 is 2.71 bits per heavy atom. The van der Waals surface area contributed by atoms with Gasteiger partial charge in [-0.05, 0) is 23.8 Å². The molecule has 110 valence electrons. The monoisotopic (exact) mass is 308 g/mol. The molecule has 0 saturated carbocycles. The van der Waals surface area contributed by atoms with Crippen LogP contribution < -0.4 is 10.6 Å². The van der Waals surface area contributed by atoms with Crippen LogP contribution in [0.25, 0.3) is 0 Å². The molecule has 0 aromatic heterocycles. The van der Waals surface area contributed by atoms with Crippen molar-refractivity contribution in [1.29, 1.82) is 0 Å². The molecule has 0 amide bonds. The number of hydrogen-bond donors (Lipinski definition) is 2. The number of nitrogen functional groups attached to an aromatic ring is 1. The molecule has 0 atom stereocenters. The molecule has 0 aliphatic rings. The second-order valence-corrected chi connectivity index (χ2v) is 5.12. The SMILES string of the molecule is CN(Cc1cccc(Cl)c1)c1cc(F)c(C(=O)O)cc1N. The highest BCUT2D eigenvalue weighted by Gasteiger charge is 2.16. The van der Waals surface area contributed by atoms with Gasteiger partial charge in [-0.3, -0.25) is 0 Å². The van der Waals surface area contributed by atoms with Gasteiger partial charge in [0.25, 0.3) is 0 Å². The van der Waals surface area contributed by atoms with Crippen molar-refractivity contribution < 1.29 is 14.3 Å². The number of nitrogens with two attached hydrogens (primary N) is 1. The topological polar surface area (TPSA) is 66.6 Å². The number of anilines is 2. The van der Waals surface area contributed by atoms with Crippen molar-refractivity contribution >= 4 is 28.9 Å². The number of carboxylic acids is 1. The summed E-state index contributed by atoms with van der Waals surface area (Å²) < 4.78 is 13.8. The second-order valence-electron chi connectivity index (χ2n) is 4.68. The van der Waals surface area contributed by atoms with Crippen LogP contribution in [0.3, 0.4) is 0 Å². The van der Waals surface area contributed by atoms with Gasteiger partial charge in [-0.1, -0.05) is 23.7 Å². The maximum atomic E-state index is 13.8. The minimum absolute atomic E-state index is 0.207. The minimum atomic E-state index is -1.34. The Morgan fingerprint density at radius 1 is 1.38 bits per heavy atom. The maximum absolute atomic E-state index is 13.8. The van der Waals surface area contributed by atoms with Crippen molar-refractivity contribution in [2.75, 3.05) is 17.7 Å². The Balaban J connectivity index is 2.29. The molecule has 0 saturated heterocycles. The van der Waals surface area contributed by atoms with E-state index in [2.05, 4.69) is 0 Å². The fourth-order valence-corrected chi connectivity index (χ4v) is 2.28. The fraction of sp³-hybridized carbons (Fsp3) is 0.133. The molecule has 0 bridgehead atoms. The molecule has 0 aliphatic heterocycles. The molecule has 0 aliphatic carbocycles. The first-order valence-corrected chi connectivity index (χ1v) is 6.54. The first-order valence-electron chi connectivity index (χ1n) is 6.16. The summed E-state index contributed by atoms with van der Waals surface area (Å²) in [6.45, 7) is 0.469. The second kappa shape index (κ2) is 6.01. The molecule has 2 aromatic carbocycles. The first kappa shape index (κ1) is 15.1. The predicted octanol–water partition coefficient (Wildman–Crippen LogP) is 3.40. The standard InChI is InChI=1S/C15H14ClFN2O2/c1-19(8-9-3-2-4-10(16)5-9)14-7-12(17)11(15(20)21)6-13(14)18/h2-7H,8,18H2,1H3,(H,20,21). The van der Waals surface area contributed by atoms with E-state index in [9.17, 15) is 9.18 Å². The van der Waals surface area contributed by atoms with Crippen molar-refractivity contribution in [3.05, 3.63) is 58.4 Å². The predicted molar refractivity (Wildman–Crippen MR) is 81.3 cm³/mol. The number of benzene rings is 2. The summed E-state index contributed by atoms with van der Waals surface area (Å²) in [4.78, 5) is 12.6. The number of hydrogen-bond acceptors (Lipinski definition) is 3. The number of carbonyl (C=O) groups is 1. The molecule has 2 aromatic rings. The first-order chi connectivity index (χ1) is 9.88. The zero-order valence-corrected chi connectivity index (χ0v) is 12.1. The average molecular weight is 309 g/mol. The van der Waals surface area contributed by atoms with Crippen molar-refractivity contribution in [1.82, 2.24) is 0 Å². The molecule has 4 nitrogen and oxygen atoms in total. The number of halogens is 2. The highest BCUT2D eigenvalue weighted by molar-refractivity contribution is 6.30. The van der Waals surface area contributed by atoms with Crippen LogP contribution >= 0.6 is 11.6 Å². The zero-order chi connectivity index (χ0) is 15.6. The van der Waals surface area contributed by atoms with Gasteiger partial charge >= 0.3 is 5.97 Å². The molecule has 3 N–H and O–H groups in total. The van der Waals surface area contributed by atoms with Crippen molar-refractivity contribution in [2.45, 2.75) is 6.54 Å². The van der Waals surface area contributed by atoms with Gasteiger partial charge < -0.3 is 15.7 Å². The Hall–Kier alpha value is -2.27. The number of aromatic carboxylic acids is 1. The highest BCUT2D eigenvalue weighted by atomic mass is 35.5. The fourth-order valence-electron chi connectivity index (χ4n) is 2.07. The summed E-state index contributed by atoms with van der Waals surface area (Å²) in [7, 11) is 1.74. The van der Waals surface area contributed by atoms with Crippen LogP contribution in [0.15, 0.2) is 36.4 Å². The third kappa shape index (κ3) is 3.44. The van der Waals surface area contributed by atoms with Crippen LogP contribution in [0.4, 0.5) is 15.8 Å². The van der Waals surface area contributed by atoms with Crippen molar-refractivity contribution in [2.24, 2.45) is 0 Å².